The van der Waals surface area contributed by atoms with Gasteiger partial charge in [0.25, 0.3) is 5.91 Å². The maximum absolute atomic E-state index is 12.8. The number of carboxylic acid groups (broad SMARTS) is 1. The Balaban J connectivity index is 1.61. The van der Waals surface area contributed by atoms with Crippen LogP contribution in [-0.4, -0.2) is 65.9 Å². The summed E-state index contributed by atoms with van der Waals surface area (Å²) in [5.74, 6) is -2.20. The lowest BCUT2D eigenvalue weighted by Gasteiger charge is -2.25. The fourth-order valence-electron chi connectivity index (χ4n) is 3.68. The molecule has 12 heteroatoms. The molecule has 0 spiro atoms. The smallest absolute Gasteiger partial charge is 0.328 e. The van der Waals surface area contributed by atoms with Crippen molar-refractivity contribution in [1.29, 1.82) is 0 Å². The van der Waals surface area contributed by atoms with E-state index < -0.39 is 17.9 Å². The Morgan fingerprint density at radius 2 is 2.00 bits per heavy atom. The molecule has 1 fully saturated rings. The van der Waals surface area contributed by atoms with E-state index in [1.54, 1.807) is 12.1 Å². The van der Waals surface area contributed by atoms with Crippen molar-refractivity contribution < 1.29 is 28.7 Å². The second-order valence-corrected chi connectivity index (χ2v) is 9.05. The van der Waals surface area contributed by atoms with Crippen LogP contribution in [0.3, 0.4) is 0 Å². The molecule has 10 nitrogen and oxygen atoms in total. The first-order valence-corrected chi connectivity index (χ1v) is 11.9. The first-order chi connectivity index (χ1) is 17.2. The lowest BCUT2D eigenvalue weighted by Crippen LogP contribution is -2.51. The van der Waals surface area contributed by atoms with E-state index in [0.29, 0.717) is 17.7 Å². The normalized spacial score (nSPS) is 16.0. The molecule has 3 amide bonds. The van der Waals surface area contributed by atoms with Gasteiger partial charge in [0.1, 0.15) is 11.8 Å². The number of hydrogen-bond donors (Lipinski definition) is 4. The van der Waals surface area contributed by atoms with Crippen molar-refractivity contribution in [3.8, 4) is 0 Å². The van der Waals surface area contributed by atoms with Gasteiger partial charge < -0.3 is 30.4 Å². The molecule has 2 aromatic rings. The number of aliphatic carboxylic acids is 1. The minimum absolute atomic E-state index is 0.0147. The average Bonchev–Trinajstić information content (AvgIpc) is 3.54. The van der Waals surface area contributed by atoms with Crippen LogP contribution in [0, 0.1) is 0 Å². The number of carboxylic acids is 1. The van der Waals surface area contributed by atoms with Gasteiger partial charge in [0.15, 0.2) is 0 Å². The van der Waals surface area contributed by atoms with E-state index >= 15 is 0 Å². The second-order valence-electron chi connectivity index (χ2n) is 8.23. The van der Waals surface area contributed by atoms with Gasteiger partial charge in [0, 0.05) is 19.7 Å². The molecule has 1 aromatic carbocycles. The molecule has 1 aromatic heterocycles. The van der Waals surface area contributed by atoms with Gasteiger partial charge in [-0.3, -0.25) is 14.4 Å². The summed E-state index contributed by atoms with van der Waals surface area (Å²) in [6.45, 7) is 0.577. The highest BCUT2D eigenvalue weighted by Crippen LogP contribution is 2.27. The molecule has 192 valence electrons. The van der Waals surface area contributed by atoms with E-state index in [9.17, 15) is 24.3 Å². The third-order valence-electron chi connectivity index (χ3n) is 5.53. The maximum atomic E-state index is 12.8. The molecule has 0 saturated carbocycles. The van der Waals surface area contributed by atoms with Crippen LogP contribution < -0.4 is 16.0 Å². The molecule has 3 rings (SSSR count). The van der Waals surface area contributed by atoms with Gasteiger partial charge in [-0.2, -0.15) is 0 Å². The van der Waals surface area contributed by atoms with Crippen molar-refractivity contribution in [3.05, 3.63) is 63.5 Å². The van der Waals surface area contributed by atoms with Gasteiger partial charge in [-0.05, 0) is 55.3 Å². The van der Waals surface area contributed by atoms with Crippen LogP contribution in [0.2, 0.25) is 10.0 Å². The quantitative estimate of drug-likeness (QED) is 0.341. The minimum atomic E-state index is -1.38. The van der Waals surface area contributed by atoms with Crippen LogP contribution in [-0.2, 0) is 20.9 Å². The summed E-state index contributed by atoms with van der Waals surface area (Å²) >= 11 is 12.5. The molecule has 1 unspecified atom stereocenters. The number of carbonyl (C=O) groups excluding carboxylic acids is 3. The lowest BCUT2D eigenvalue weighted by atomic mass is 10.1. The fraction of sp³-hybridized carbons (Fsp3) is 0.333. The highest BCUT2D eigenvalue weighted by atomic mass is 35.5. The van der Waals surface area contributed by atoms with E-state index in [-0.39, 0.29) is 46.6 Å². The van der Waals surface area contributed by atoms with Crippen LogP contribution in [0.15, 0.2) is 41.0 Å². The van der Waals surface area contributed by atoms with Crippen LogP contribution in [0.4, 0.5) is 0 Å². The zero-order chi connectivity index (χ0) is 26.2. The molecule has 1 aliphatic rings. The average molecular weight is 537 g/mol. The van der Waals surface area contributed by atoms with E-state index in [2.05, 4.69) is 16.0 Å². The van der Waals surface area contributed by atoms with Crippen molar-refractivity contribution in [2.45, 2.75) is 31.5 Å². The molecule has 0 radical (unpaired) electrons. The van der Waals surface area contributed by atoms with Crippen LogP contribution in [0.25, 0.3) is 6.08 Å². The standard InChI is InChI=1S/C24H26Cl2N4O6/c1-30(23(33)18-5-2-8-27-18)13-19(24(34)35)29-22(32)21-16(25)10-14(11-17(21)26)12-28-20(31)7-6-15-4-3-9-36-15/h3-4,6-7,9-11,18-19,27H,2,5,8,12-13H2,1H3,(H,28,31)(H,29,32)(H,34,35)/b7-6+/t18-,19?/m0/s1. The van der Waals surface area contributed by atoms with E-state index in [1.165, 1.54) is 42.5 Å². The Morgan fingerprint density at radius 3 is 2.58 bits per heavy atom. The predicted molar refractivity (Wildman–Crippen MR) is 134 cm³/mol. The van der Waals surface area contributed by atoms with Gasteiger partial charge in [-0.25, -0.2) is 4.79 Å². The SMILES string of the molecule is CN(CC(NC(=O)c1c(Cl)cc(CNC(=O)/C=C/c2ccco2)cc1Cl)C(=O)O)C(=O)[C@@H]1CCCN1. The van der Waals surface area contributed by atoms with Gasteiger partial charge in [-0.15, -0.1) is 0 Å². The number of nitrogens with one attached hydrogen (secondary N) is 3. The molecule has 36 heavy (non-hydrogen) atoms. The Bertz CT molecular complexity index is 1120. The topological polar surface area (TPSA) is 141 Å². The number of halogens is 2. The first kappa shape index (κ1) is 27.3. The summed E-state index contributed by atoms with van der Waals surface area (Å²) in [6.07, 6.45) is 5.84. The van der Waals surface area contributed by atoms with Crippen molar-refractivity contribution in [3.63, 3.8) is 0 Å². The van der Waals surface area contributed by atoms with E-state index in [4.69, 9.17) is 27.6 Å². The van der Waals surface area contributed by atoms with Crippen LogP contribution in [0.1, 0.15) is 34.5 Å². The molecule has 2 heterocycles. The molecule has 2 atom stereocenters. The molecular formula is C24H26Cl2N4O6. The summed E-state index contributed by atoms with van der Waals surface area (Å²) in [5.41, 5.74) is 0.425. The summed E-state index contributed by atoms with van der Waals surface area (Å²) in [6, 6.07) is 4.57. The van der Waals surface area contributed by atoms with Crippen LogP contribution in [0.5, 0.6) is 0 Å². The maximum Gasteiger partial charge on any atom is 0.328 e. The number of likely N-dealkylation sites (N-methyl/N-ethyl adjacent to an activating group) is 1. The number of hydrogen-bond acceptors (Lipinski definition) is 6. The van der Waals surface area contributed by atoms with Crippen LogP contribution >= 0.6 is 23.2 Å². The minimum Gasteiger partial charge on any atom is -0.480 e. The van der Waals surface area contributed by atoms with Gasteiger partial charge in [-0.1, -0.05) is 23.2 Å². The number of nitrogens with zero attached hydrogens (tertiary/aromatic N) is 1. The number of carbonyl (C=O) groups is 4. The Hall–Kier alpha value is -3.34. The second kappa shape index (κ2) is 12.6. The van der Waals surface area contributed by atoms with Crippen molar-refractivity contribution in [2.24, 2.45) is 0 Å². The lowest BCUT2D eigenvalue weighted by molar-refractivity contribution is -0.141. The Morgan fingerprint density at radius 1 is 1.28 bits per heavy atom. The summed E-state index contributed by atoms with van der Waals surface area (Å²) in [7, 11) is 1.48. The molecule has 1 aliphatic heterocycles. The zero-order valence-corrected chi connectivity index (χ0v) is 20.9. The summed E-state index contributed by atoms with van der Waals surface area (Å²) < 4.78 is 5.11. The van der Waals surface area contributed by atoms with Crippen molar-refractivity contribution in [2.75, 3.05) is 20.1 Å². The molecule has 0 bridgehead atoms. The van der Waals surface area contributed by atoms with Gasteiger partial charge in [0.2, 0.25) is 11.8 Å². The molecule has 0 aliphatic carbocycles. The number of furan rings is 1. The third-order valence-corrected chi connectivity index (χ3v) is 6.13. The highest BCUT2D eigenvalue weighted by molar-refractivity contribution is 6.39. The summed E-state index contributed by atoms with van der Waals surface area (Å²) in [4.78, 5) is 50.4. The van der Waals surface area contributed by atoms with Gasteiger partial charge in [0.05, 0.1) is 34.5 Å². The monoisotopic (exact) mass is 536 g/mol. The largest absolute Gasteiger partial charge is 0.480 e. The number of benzene rings is 1. The number of rotatable bonds is 10. The molecule has 1 saturated heterocycles. The molecule has 4 N–H and O–H groups in total. The van der Waals surface area contributed by atoms with Crippen molar-refractivity contribution >= 4 is 53.0 Å². The van der Waals surface area contributed by atoms with E-state index in [1.807, 2.05) is 0 Å². The number of amides is 3. The van der Waals surface area contributed by atoms with E-state index in [0.717, 1.165) is 13.0 Å². The summed E-state index contributed by atoms with van der Waals surface area (Å²) in [5, 5.41) is 17.7. The first-order valence-electron chi connectivity index (χ1n) is 11.1. The highest BCUT2D eigenvalue weighted by Gasteiger charge is 2.30. The fourth-order valence-corrected chi connectivity index (χ4v) is 4.38. The predicted octanol–water partition coefficient (Wildman–Crippen LogP) is 2.31. The molecular weight excluding hydrogens is 511 g/mol. The Kier molecular flexibility index (Phi) is 9.51. The van der Waals surface area contributed by atoms with Gasteiger partial charge >= 0.3 is 5.97 Å². The van der Waals surface area contributed by atoms with Crippen molar-refractivity contribution in [1.82, 2.24) is 20.9 Å². The zero-order valence-electron chi connectivity index (χ0n) is 19.4. The Labute approximate surface area is 217 Å². The third kappa shape index (κ3) is 7.33.